The zero-order chi connectivity index (χ0) is 17.2. The van der Waals surface area contributed by atoms with Gasteiger partial charge in [-0.3, -0.25) is 4.79 Å². The number of pyridine rings is 1. The van der Waals surface area contributed by atoms with Gasteiger partial charge in [0, 0.05) is 0 Å². The molecule has 4 rings (SSSR count). The fraction of sp³-hybridized carbons (Fsp3) is 0.0625. The molecule has 0 saturated carbocycles. The third-order valence-electron chi connectivity index (χ3n) is 3.54. The van der Waals surface area contributed by atoms with Gasteiger partial charge in [0.25, 0.3) is 5.91 Å². The van der Waals surface area contributed by atoms with E-state index in [2.05, 4.69) is 25.7 Å². The van der Waals surface area contributed by atoms with E-state index in [4.69, 9.17) is 11.6 Å². The van der Waals surface area contributed by atoms with Crippen molar-refractivity contribution in [2.75, 3.05) is 5.32 Å². The molecule has 1 N–H and O–H groups in total. The maximum Gasteiger partial charge on any atom is 0.274 e. The molecule has 0 aliphatic heterocycles. The molecule has 9 heteroatoms. The van der Waals surface area contributed by atoms with Crippen LogP contribution in [0.25, 0.3) is 11.0 Å². The number of nitrogens with one attached hydrogen (secondary N) is 1. The molecular weight excluding hydrogens is 342 g/mol. The van der Waals surface area contributed by atoms with E-state index in [1.807, 2.05) is 24.3 Å². The zero-order valence-electron chi connectivity index (χ0n) is 12.9. The van der Waals surface area contributed by atoms with Crippen LogP contribution in [0.15, 0.2) is 54.9 Å². The number of rotatable bonds is 4. The lowest BCUT2D eigenvalue weighted by Crippen LogP contribution is -2.13. The van der Waals surface area contributed by atoms with Crippen LogP contribution < -0.4 is 5.32 Å². The van der Waals surface area contributed by atoms with Gasteiger partial charge in [-0.05, 0) is 24.3 Å². The van der Waals surface area contributed by atoms with Crippen LogP contribution in [-0.2, 0) is 6.67 Å². The van der Waals surface area contributed by atoms with Gasteiger partial charge in [-0.2, -0.15) is 5.10 Å². The minimum atomic E-state index is -0.353. The van der Waals surface area contributed by atoms with E-state index in [9.17, 15) is 4.79 Å². The first kappa shape index (κ1) is 15.3. The number of aromatic nitrogens is 6. The Morgan fingerprint density at radius 3 is 2.92 bits per heavy atom. The monoisotopic (exact) mass is 353 g/mol. The highest BCUT2D eigenvalue weighted by molar-refractivity contribution is 6.29. The number of benzene rings is 1. The smallest absolute Gasteiger partial charge is 0.274 e. The fourth-order valence-electron chi connectivity index (χ4n) is 2.39. The van der Waals surface area contributed by atoms with Gasteiger partial charge in [0.05, 0.1) is 23.6 Å². The lowest BCUT2D eigenvalue weighted by atomic mass is 10.3. The Kier molecular flexibility index (Phi) is 3.87. The molecule has 0 radical (unpaired) electrons. The van der Waals surface area contributed by atoms with Gasteiger partial charge < -0.3 is 5.32 Å². The minimum Gasteiger partial charge on any atom is -0.318 e. The van der Waals surface area contributed by atoms with Crippen LogP contribution >= 0.6 is 11.6 Å². The van der Waals surface area contributed by atoms with Crippen molar-refractivity contribution in [3.05, 3.63) is 65.7 Å². The number of hydrogen-bond donors (Lipinski definition) is 1. The molecule has 3 aromatic heterocycles. The zero-order valence-corrected chi connectivity index (χ0v) is 13.6. The molecule has 25 heavy (non-hydrogen) atoms. The van der Waals surface area contributed by atoms with E-state index in [0.29, 0.717) is 12.4 Å². The summed E-state index contributed by atoms with van der Waals surface area (Å²) in [6.07, 6.45) is 3.26. The second-order valence-corrected chi connectivity index (χ2v) is 5.67. The summed E-state index contributed by atoms with van der Waals surface area (Å²) in [7, 11) is 0. The molecule has 3 heterocycles. The molecule has 8 nitrogen and oxygen atoms in total. The van der Waals surface area contributed by atoms with Crippen LogP contribution in [-0.4, -0.2) is 35.7 Å². The van der Waals surface area contributed by atoms with Crippen LogP contribution in [0.3, 0.4) is 0 Å². The molecule has 0 bridgehead atoms. The topological polar surface area (TPSA) is 90.5 Å². The van der Waals surface area contributed by atoms with Gasteiger partial charge in [0.15, 0.2) is 0 Å². The van der Waals surface area contributed by atoms with Gasteiger partial charge >= 0.3 is 0 Å². The number of hydrogen-bond acceptors (Lipinski definition) is 5. The molecule has 1 amide bonds. The Hall–Kier alpha value is -3.26. The average Bonchev–Trinajstić information content (AvgIpc) is 3.23. The maximum absolute atomic E-state index is 12.2. The molecule has 0 aliphatic rings. The summed E-state index contributed by atoms with van der Waals surface area (Å²) < 4.78 is 3.38. The number of halogens is 1. The van der Waals surface area contributed by atoms with Crippen LogP contribution in [0, 0.1) is 0 Å². The molecular formula is C16H12ClN7O. The first-order valence-corrected chi connectivity index (χ1v) is 7.81. The third-order valence-corrected chi connectivity index (χ3v) is 3.75. The van der Waals surface area contributed by atoms with Crippen LogP contribution in [0.1, 0.15) is 10.5 Å². The van der Waals surface area contributed by atoms with Gasteiger partial charge in [0.1, 0.15) is 23.0 Å². The molecule has 0 unspecified atom stereocenters. The molecule has 0 saturated heterocycles. The van der Waals surface area contributed by atoms with Crippen molar-refractivity contribution in [3.8, 4) is 0 Å². The molecule has 0 spiro atoms. The number of carbonyl (C=O) groups excluding carboxylic acids is 1. The number of para-hydroxylation sites is 1. The van der Waals surface area contributed by atoms with Crippen molar-refractivity contribution in [2.24, 2.45) is 0 Å². The average molecular weight is 354 g/mol. The second-order valence-electron chi connectivity index (χ2n) is 5.29. The SMILES string of the molecule is O=C(Nc1cnn(Cn2nnc3ccccc32)c1)c1cccc(Cl)n1. The Morgan fingerprint density at radius 2 is 2.04 bits per heavy atom. The van der Waals surface area contributed by atoms with E-state index >= 15 is 0 Å². The predicted molar refractivity (Wildman–Crippen MR) is 92.4 cm³/mol. The summed E-state index contributed by atoms with van der Waals surface area (Å²) in [6, 6.07) is 12.5. The predicted octanol–water partition coefficient (Wildman–Crippen LogP) is 2.43. The first-order chi connectivity index (χ1) is 12.2. The van der Waals surface area contributed by atoms with Gasteiger partial charge in [-0.1, -0.05) is 35.0 Å². The van der Waals surface area contributed by atoms with E-state index in [-0.39, 0.29) is 16.8 Å². The van der Waals surface area contributed by atoms with E-state index < -0.39 is 0 Å². The molecule has 0 aliphatic carbocycles. The standard InChI is InChI=1S/C16H12ClN7O/c17-15-7-3-5-13(20-15)16(25)19-11-8-18-23(9-11)10-24-14-6-2-1-4-12(14)21-22-24/h1-9H,10H2,(H,19,25). The highest BCUT2D eigenvalue weighted by atomic mass is 35.5. The Bertz CT molecular complexity index is 1060. The van der Waals surface area contributed by atoms with E-state index in [0.717, 1.165) is 11.0 Å². The number of amides is 1. The van der Waals surface area contributed by atoms with Crippen molar-refractivity contribution in [3.63, 3.8) is 0 Å². The van der Waals surface area contributed by atoms with Gasteiger partial charge in [-0.25, -0.2) is 14.3 Å². The Morgan fingerprint density at radius 1 is 1.16 bits per heavy atom. The second kappa shape index (κ2) is 6.33. The van der Waals surface area contributed by atoms with Crippen molar-refractivity contribution in [2.45, 2.75) is 6.67 Å². The maximum atomic E-state index is 12.2. The normalized spacial score (nSPS) is 10.9. The Balaban J connectivity index is 1.49. The van der Waals surface area contributed by atoms with Crippen LogP contribution in [0.2, 0.25) is 5.15 Å². The van der Waals surface area contributed by atoms with Crippen molar-refractivity contribution in [1.82, 2.24) is 29.8 Å². The van der Waals surface area contributed by atoms with Crippen LogP contribution in [0.4, 0.5) is 5.69 Å². The number of nitrogens with zero attached hydrogens (tertiary/aromatic N) is 6. The van der Waals surface area contributed by atoms with Crippen molar-refractivity contribution < 1.29 is 4.79 Å². The van der Waals surface area contributed by atoms with Gasteiger partial charge in [-0.15, -0.1) is 5.10 Å². The molecule has 124 valence electrons. The van der Waals surface area contributed by atoms with Crippen LogP contribution in [0.5, 0.6) is 0 Å². The lowest BCUT2D eigenvalue weighted by molar-refractivity contribution is 0.102. The van der Waals surface area contributed by atoms with E-state index in [1.165, 1.54) is 0 Å². The molecule has 4 aromatic rings. The first-order valence-electron chi connectivity index (χ1n) is 7.44. The number of anilines is 1. The fourth-order valence-corrected chi connectivity index (χ4v) is 2.56. The largest absolute Gasteiger partial charge is 0.318 e. The summed E-state index contributed by atoms with van der Waals surface area (Å²) in [5, 5.41) is 15.4. The lowest BCUT2D eigenvalue weighted by Gasteiger charge is -2.03. The molecule has 1 aromatic carbocycles. The van der Waals surface area contributed by atoms with Crippen molar-refractivity contribution >= 4 is 34.2 Å². The summed E-state index contributed by atoms with van der Waals surface area (Å²) >= 11 is 5.80. The number of carbonyl (C=O) groups is 1. The molecule has 0 atom stereocenters. The summed E-state index contributed by atoms with van der Waals surface area (Å²) in [4.78, 5) is 16.1. The number of fused-ring (bicyclic) bond motifs is 1. The summed E-state index contributed by atoms with van der Waals surface area (Å²) in [5.41, 5.74) is 2.51. The summed E-state index contributed by atoms with van der Waals surface area (Å²) in [6.45, 7) is 0.381. The van der Waals surface area contributed by atoms with Crippen molar-refractivity contribution in [1.29, 1.82) is 0 Å². The summed E-state index contributed by atoms with van der Waals surface area (Å²) in [5.74, 6) is -0.353. The quantitative estimate of drug-likeness (QED) is 0.569. The highest BCUT2D eigenvalue weighted by Gasteiger charge is 2.10. The highest BCUT2D eigenvalue weighted by Crippen LogP contribution is 2.12. The third kappa shape index (κ3) is 3.20. The molecule has 0 fully saturated rings. The minimum absolute atomic E-state index is 0.238. The Labute approximate surface area is 147 Å². The van der Waals surface area contributed by atoms with Gasteiger partial charge in [0.2, 0.25) is 0 Å². The van der Waals surface area contributed by atoms with E-state index in [1.54, 1.807) is 40.0 Å².